The fourth-order valence-electron chi connectivity index (χ4n) is 1.93. The van der Waals surface area contributed by atoms with E-state index in [4.69, 9.17) is 5.73 Å². The molecule has 0 aliphatic carbocycles. The van der Waals surface area contributed by atoms with Gasteiger partial charge in [-0.3, -0.25) is 4.98 Å². The molecule has 0 radical (unpaired) electrons. The lowest BCUT2D eigenvalue weighted by molar-refractivity contribution is 0.177. The number of nitrogens with zero attached hydrogens (tertiary/aromatic N) is 1. The average molecular weight is 260 g/mol. The van der Waals surface area contributed by atoms with Crippen LogP contribution in [0.3, 0.4) is 0 Å². The van der Waals surface area contributed by atoms with Gasteiger partial charge in [0.15, 0.2) is 0 Å². The van der Waals surface area contributed by atoms with E-state index in [0.717, 1.165) is 17.7 Å². The van der Waals surface area contributed by atoms with Crippen LogP contribution >= 0.6 is 0 Å². The third-order valence-electron chi connectivity index (χ3n) is 3.10. The van der Waals surface area contributed by atoms with Crippen molar-refractivity contribution >= 4 is 5.69 Å². The molecule has 0 spiro atoms. The third kappa shape index (κ3) is 3.29. The molecule has 0 saturated carbocycles. The van der Waals surface area contributed by atoms with Crippen LogP contribution in [0.25, 0.3) is 0 Å². The lowest BCUT2D eigenvalue weighted by Crippen LogP contribution is -2.07. The zero-order valence-electron chi connectivity index (χ0n) is 10.8. The highest BCUT2D eigenvalue weighted by Gasteiger charge is 2.13. The second kappa shape index (κ2) is 5.80. The zero-order valence-corrected chi connectivity index (χ0v) is 10.8. The van der Waals surface area contributed by atoms with E-state index in [0.29, 0.717) is 17.7 Å². The normalized spacial score (nSPS) is 12.4. The van der Waals surface area contributed by atoms with Crippen molar-refractivity contribution in [3.63, 3.8) is 0 Å². The Morgan fingerprint density at radius 3 is 2.74 bits per heavy atom. The Morgan fingerprint density at radius 1 is 1.32 bits per heavy atom. The summed E-state index contributed by atoms with van der Waals surface area (Å²) >= 11 is 0. The molecule has 19 heavy (non-hydrogen) atoms. The summed E-state index contributed by atoms with van der Waals surface area (Å²) in [6.45, 7) is 2.05. The van der Waals surface area contributed by atoms with E-state index in [-0.39, 0.29) is 0 Å². The van der Waals surface area contributed by atoms with E-state index >= 15 is 0 Å². The maximum absolute atomic E-state index is 13.2. The molecule has 2 aromatic rings. The predicted molar refractivity (Wildman–Crippen MR) is 73.1 cm³/mol. The van der Waals surface area contributed by atoms with Crippen molar-refractivity contribution in [1.29, 1.82) is 0 Å². The van der Waals surface area contributed by atoms with Gasteiger partial charge in [-0.15, -0.1) is 0 Å². The molecule has 4 heteroatoms. The quantitative estimate of drug-likeness (QED) is 0.831. The van der Waals surface area contributed by atoms with Crippen LogP contribution in [0, 0.1) is 5.82 Å². The first-order valence-corrected chi connectivity index (χ1v) is 6.27. The summed E-state index contributed by atoms with van der Waals surface area (Å²) in [5.74, 6) is -0.405. The predicted octanol–water partition coefficient (Wildman–Crippen LogP) is 2.64. The number of aliphatic hydroxyl groups excluding tert-OH is 1. The fourth-order valence-corrected chi connectivity index (χ4v) is 1.93. The molecule has 3 N–H and O–H groups in total. The van der Waals surface area contributed by atoms with Crippen LogP contribution in [0.15, 0.2) is 36.5 Å². The Hall–Kier alpha value is -1.94. The number of nitrogen functional groups attached to an aromatic ring is 1. The highest BCUT2D eigenvalue weighted by molar-refractivity contribution is 5.48. The summed E-state index contributed by atoms with van der Waals surface area (Å²) in [5.41, 5.74) is 8.43. The molecule has 1 unspecified atom stereocenters. The van der Waals surface area contributed by atoms with Gasteiger partial charge in [-0.1, -0.05) is 13.0 Å². The standard InChI is InChI=1S/C15H17FN2O/c1-2-10-3-5-12(18-9-10)8-15(19)13-7-11(16)4-6-14(13)17/h3-7,9,15,19H,2,8,17H2,1H3. The molecule has 1 aromatic heterocycles. The van der Waals surface area contributed by atoms with Crippen molar-refractivity contribution in [1.82, 2.24) is 4.98 Å². The van der Waals surface area contributed by atoms with Crippen LogP contribution < -0.4 is 5.73 Å². The second-order valence-corrected chi connectivity index (χ2v) is 4.50. The van der Waals surface area contributed by atoms with Crippen molar-refractivity contribution in [3.05, 3.63) is 59.2 Å². The molecule has 0 amide bonds. The highest BCUT2D eigenvalue weighted by atomic mass is 19.1. The first-order chi connectivity index (χ1) is 9.10. The van der Waals surface area contributed by atoms with Crippen molar-refractivity contribution in [2.24, 2.45) is 0 Å². The maximum atomic E-state index is 13.2. The van der Waals surface area contributed by atoms with Gasteiger partial charge in [-0.25, -0.2) is 4.39 Å². The van der Waals surface area contributed by atoms with Crippen LogP contribution in [-0.2, 0) is 12.8 Å². The van der Waals surface area contributed by atoms with E-state index in [1.807, 2.05) is 12.1 Å². The molecule has 100 valence electrons. The smallest absolute Gasteiger partial charge is 0.123 e. The van der Waals surface area contributed by atoms with Gasteiger partial charge in [0.2, 0.25) is 0 Å². The van der Waals surface area contributed by atoms with E-state index < -0.39 is 11.9 Å². The van der Waals surface area contributed by atoms with Gasteiger partial charge in [0, 0.05) is 29.6 Å². The van der Waals surface area contributed by atoms with Crippen LogP contribution in [0.5, 0.6) is 0 Å². The summed E-state index contributed by atoms with van der Waals surface area (Å²) in [4.78, 5) is 4.27. The molecule has 0 aliphatic rings. The minimum atomic E-state index is -0.851. The molecular formula is C15H17FN2O. The minimum Gasteiger partial charge on any atom is -0.398 e. The molecular weight excluding hydrogens is 243 g/mol. The monoisotopic (exact) mass is 260 g/mol. The number of anilines is 1. The summed E-state index contributed by atoms with van der Waals surface area (Å²) in [7, 11) is 0. The Kier molecular flexibility index (Phi) is 4.12. The SMILES string of the molecule is CCc1ccc(CC(O)c2cc(F)ccc2N)nc1. The van der Waals surface area contributed by atoms with Crippen LogP contribution in [0.2, 0.25) is 0 Å². The number of hydrogen-bond donors (Lipinski definition) is 2. The first-order valence-electron chi connectivity index (χ1n) is 6.27. The maximum Gasteiger partial charge on any atom is 0.123 e. The Morgan fingerprint density at radius 2 is 2.11 bits per heavy atom. The van der Waals surface area contributed by atoms with Crippen molar-refractivity contribution in [2.45, 2.75) is 25.9 Å². The van der Waals surface area contributed by atoms with Crippen molar-refractivity contribution in [2.75, 3.05) is 5.73 Å². The van der Waals surface area contributed by atoms with Gasteiger partial charge >= 0.3 is 0 Å². The first kappa shape index (κ1) is 13.5. The van der Waals surface area contributed by atoms with E-state index in [2.05, 4.69) is 11.9 Å². The zero-order chi connectivity index (χ0) is 13.8. The molecule has 0 fully saturated rings. The van der Waals surface area contributed by atoms with Crippen LogP contribution in [-0.4, -0.2) is 10.1 Å². The minimum absolute atomic E-state index is 0.317. The second-order valence-electron chi connectivity index (χ2n) is 4.50. The molecule has 0 saturated heterocycles. The lowest BCUT2D eigenvalue weighted by Gasteiger charge is -2.13. The molecule has 1 heterocycles. The number of benzene rings is 1. The molecule has 1 atom stereocenters. The van der Waals surface area contributed by atoms with Gasteiger partial charge in [-0.05, 0) is 36.2 Å². The van der Waals surface area contributed by atoms with Gasteiger partial charge in [0.25, 0.3) is 0 Å². The summed E-state index contributed by atoms with van der Waals surface area (Å²) < 4.78 is 13.2. The van der Waals surface area contributed by atoms with Crippen molar-refractivity contribution < 1.29 is 9.50 Å². The number of aromatic nitrogens is 1. The fraction of sp³-hybridized carbons (Fsp3) is 0.267. The van der Waals surface area contributed by atoms with Crippen molar-refractivity contribution in [3.8, 4) is 0 Å². The molecule has 2 rings (SSSR count). The van der Waals surface area contributed by atoms with E-state index in [9.17, 15) is 9.50 Å². The Labute approximate surface area is 111 Å². The Bertz CT molecular complexity index is 555. The number of rotatable bonds is 4. The summed E-state index contributed by atoms with van der Waals surface area (Å²) in [6, 6.07) is 7.85. The van der Waals surface area contributed by atoms with Gasteiger partial charge in [0.05, 0.1) is 6.10 Å². The topological polar surface area (TPSA) is 59.1 Å². The largest absolute Gasteiger partial charge is 0.398 e. The average Bonchev–Trinajstić information content (AvgIpc) is 2.42. The lowest BCUT2D eigenvalue weighted by atomic mass is 10.0. The number of halogens is 1. The number of nitrogens with two attached hydrogens (primary N) is 1. The van der Waals surface area contributed by atoms with Gasteiger partial charge < -0.3 is 10.8 Å². The van der Waals surface area contributed by atoms with E-state index in [1.165, 1.54) is 18.2 Å². The molecule has 3 nitrogen and oxygen atoms in total. The van der Waals surface area contributed by atoms with Gasteiger partial charge in [0.1, 0.15) is 5.82 Å². The third-order valence-corrected chi connectivity index (χ3v) is 3.10. The number of aliphatic hydroxyl groups is 1. The number of pyridine rings is 1. The molecule has 0 aliphatic heterocycles. The van der Waals surface area contributed by atoms with Crippen LogP contribution in [0.4, 0.5) is 10.1 Å². The summed E-state index contributed by atoms with van der Waals surface area (Å²) in [6.07, 6.45) is 2.18. The number of hydrogen-bond acceptors (Lipinski definition) is 3. The molecule has 1 aromatic carbocycles. The molecule has 0 bridgehead atoms. The Balaban J connectivity index is 2.15. The van der Waals surface area contributed by atoms with Gasteiger partial charge in [-0.2, -0.15) is 0 Å². The summed E-state index contributed by atoms with van der Waals surface area (Å²) in [5, 5.41) is 10.1. The van der Waals surface area contributed by atoms with E-state index in [1.54, 1.807) is 6.20 Å². The number of aryl methyl sites for hydroxylation is 1. The van der Waals surface area contributed by atoms with Crippen LogP contribution in [0.1, 0.15) is 29.8 Å². The highest BCUT2D eigenvalue weighted by Crippen LogP contribution is 2.24.